The van der Waals surface area contributed by atoms with Crippen LogP contribution in [0.5, 0.6) is 0 Å². The molecule has 1 aromatic heterocycles. The molecule has 2 aliphatic rings. The van der Waals surface area contributed by atoms with Crippen LogP contribution in [0.1, 0.15) is 59.7 Å². The molecule has 1 atom stereocenters. The van der Waals surface area contributed by atoms with Crippen LogP contribution >= 0.6 is 11.3 Å². The lowest BCUT2D eigenvalue weighted by Gasteiger charge is -2.20. The van der Waals surface area contributed by atoms with Crippen molar-refractivity contribution in [3.8, 4) is 0 Å². The second-order valence-electron chi connectivity index (χ2n) is 5.09. The smallest absolute Gasteiger partial charge is 0.349 e. The summed E-state index contributed by atoms with van der Waals surface area (Å²) in [5.74, 6) is 0.326. The van der Waals surface area contributed by atoms with Crippen molar-refractivity contribution in [1.29, 1.82) is 0 Å². The molecule has 1 aromatic rings. The van der Waals surface area contributed by atoms with Crippen LogP contribution in [0.2, 0.25) is 0 Å². The fourth-order valence-electron chi connectivity index (χ4n) is 2.46. The molecule has 2 aliphatic carbocycles. The maximum atomic E-state index is 12.1. The van der Waals surface area contributed by atoms with Crippen LogP contribution in [0, 0.1) is 0 Å². The van der Waals surface area contributed by atoms with E-state index in [2.05, 4.69) is 0 Å². The molecule has 0 radical (unpaired) electrons. The van der Waals surface area contributed by atoms with Gasteiger partial charge in [0.1, 0.15) is 4.88 Å². The predicted molar refractivity (Wildman–Crippen MR) is 69.0 cm³/mol. The Labute approximate surface area is 110 Å². The zero-order valence-corrected chi connectivity index (χ0v) is 11.0. The zero-order chi connectivity index (χ0) is 12.5. The van der Waals surface area contributed by atoms with Crippen molar-refractivity contribution in [3.63, 3.8) is 0 Å². The standard InChI is InChI=1S/C14H16O3S/c15-11-3-1-2-4-12(11)17-14(16)13-10(7-8-18-13)9-5-6-9/h7-9,12H,1-6H2. The molecular formula is C14H16O3S. The summed E-state index contributed by atoms with van der Waals surface area (Å²) in [4.78, 5) is 24.5. The molecule has 0 amide bonds. The van der Waals surface area contributed by atoms with Crippen molar-refractivity contribution in [2.75, 3.05) is 0 Å². The quantitative estimate of drug-likeness (QED) is 0.787. The molecule has 2 saturated carbocycles. The highest BCUT2D eigenvalue weighted by atomic mass is 32.1. The van der Waals surface area contributed by atoms with Gasteiger partial charge in [-0.25, -0.2) is 4.79 Å². The number of hydrogen-bond acceptors (Lipinski definition) is 4. The lowest BCUT2D eigenvalue weighted by atomic mass is 9.96. The first-order valence-electron chi connectivity index (χ1n) is 6.57. The fourth-order valence-corrected chi connectivity index (χ4v) is 3.33. The van der Waals surface area contributed by atoms with Crippen LogP contribution in [0.25, 0.3) is 0 Å². The Kier molecular flexibility index (Phi) is 3.20. The fraction of sp³-hybridized carbons (Fsp3) is 0.571. The molecule has 3 rings (SSSR count). The lowest BCUT2D eigenvalue weighted by molar-refractivity contribution is -0.129. The van der Waals surface area contributed by atoms with E-state index in [-0.39, 0.29) is 11.8 Å². The van der Waals surface area contributed by atoms with Gasteiger partial charge in [0, 0.05) is 6.42 Å². The summed E-state index contributed by atoms with van der Waals surface area (Å²) in [5, 5.41) is 1.94. The van der Waals surface area contributed by atoms with E-state index in [0.717, 1.165) is 18.4 Å². The minimum absolute atomic E-state index is 0.0825. The third-order valence-corrected chi connectivity index (χ3v) is 4.56. The van der Waals surface area contributed by atoms with Gasteiger partial charge in [0.15, 0.2) is 11.9 Å². The SMILES string of the molecule is O=C(OC1CCCCC1=O)c1sccc1C1CC1. The summed E-state index contributed by atoms with van der Waals surface area (Å²) in [7, 11) is 0. The first-order valence-corrected chi connectivity index (χ1v) is 7.45. The molecule has 96 valence electrons. The molecule has 2 fully saturated rings. The summed E-state index contributed by atoms with van der Waals surface area (Å²) < 4.78 is 5.39. The summed E-state index contributed by atoms with van der Waals surface area (Å²) in [5.41, 5.74) is 1.12. The molecule has 0 saturated heterocycles. The van der Waals surface area contributed by atoms with Crippen molar-refractivity contribution in [2.45, 2.75) is 50.5 Å². The van der Waals surface area contributed by atoms with E-state index < -0.39 is 6.10 Å². The second kappa shape index (κ2) is 4.84. The van der Waals surface area contributed by atoms with Gasteiger partial charge in [-0.05, 0) is 55.0 Å². The molecule has 0 aromatic carbocycles. The average Bonchev–Trinajstić information content (AvgIpc) is 3.09. The normalized spacial score (nSPS) is 24.0. The second-order valence-corrected chi connectivity index (χ2v) is 6.00. The average molecular weight is 264 g/mol. The van der Waals surface area contributed by atoms with Gasteiger partial charge < -0.3 is 4.74 Å². The monoisotopic (exact) mass is 264 g/mol. The summed E-state index contributed by atoms with van der Waals surface area (Å²) in [6, 6.07) is 2.02. The van der Waals surface area contributed by atoms with E-state index in [1.807, 2.05) is 11.4 Å². The maximum Gasteiger partial charge on any atom is 0.349 e. The highest BCUT2D eigenvalue weighted by molar-refractivity contribution is 7.12. The van der Waals surface area contributed by atoms with Crippen LogP contribution in [-0.2, 0) is 9.53 Å². The van der Waals surface area contributed by atoms with Crippen LogP contribution in [0.15, 0.2) is 11.4 Å². The van der Waals surface area contributed by atoms with Gasteiger partial charge in [-0.15, -0.1) is 11.3 Å². The van der Waals surface area contributed by atoms with E-state index >= 15 is 0 Å². The number of ketones is 1. The van der Waals surface area contributed by atoms with Crippen LogP contribution < -0.4 is 0 Å². The number of hydrogen-bond donors (Lipinski definition) is 0. The Balaban J connectivity index is 1.70. The molecule has 18 heavy (non-hydrogen) atoms. The van der Waals surface area contributed by atoms with Crippen molar-refractivity contribution < 1.29 is 14.3 Å². The molecule has 0 aliphatic heterocycles. The first kappa shape index (κ1) is 11.9. The van der Waals surface area contributed by atoms with Gasteiger partial charge in [-0.1, -0.05) is 0 Å². The molecule has 0 bridgehead atoms. The molecule has 3 nitrogen and oxygen atoms in total. The van der Waals surface area contributed by atoms with Crippen molar-refractivity contribution in [3.05, 3.63) is 21.9 Å². The third-order valence-electron chi connectivity index (χ3n) is 3.65. The summed E-state index contributed by atoms with van der Waals surface area (Å²) in [6.07, 6.45) is 4.98. The Morgan fingerprint density at radius 2 is 2.11 bits per heavy atom. The molecule has 1 heterocycles. The lowest BCUT2D eigenvalue weighted by Crippen LogP contribution is -2.30. The van der Waals surface area contributed by atoms with Crippen LogP contribution in [-0.4, -0.2) is 17.9 Å². The number of rotatable bonds is 3. The largest absolute Gasteiger partial charge is 0.450 e. The van der Waals surface area contributed by atoms with Gasteiger partial charge in [0.05, 0.1) is 0 Å². The number of carbonyl (C=O) groups excluding carboxylic acids is 2. The minimum Gasteiger partial charge on any atom is -0.450 e. The Bertz CT molecular complexity index is 473. The van der Waals surface area contributed by atoms with E-state index in [1.165, 1.54) is 24.2 Å². The molecule has 4 heteroatoms. The number of Topliss-reactive ketones (excluding diaryl/α,β-unsaturated/α-hetero) is 1. The topological polar surface area (TPSA) is 43.4 Å². The molecular weight excluding hydrogens is 248 g/mol. The van der Waals surface area contributed by atoms with Gasteiger partial charge in [-0.2, -0.15) is 0 Å². The van der Waals surface area contributed by atoms with Crippen molar-refractivity contribution in [2.24, 2.45) is 0 Å². The summed E-state index contributed by atoms with van der Waals surface area (Å²) in [6.45, 7) is 0. The van der Waals surface area contributed by atoms with E-state index in [0.29, 0.717) is 23.6 Å². The Hall–Kier alpha value is -1.16. The van der Waals surface area contributed by atoms with Gasteiger partial charge >= 0.3 is 5.97 Å². The highest BCUT2D eigenvalue weighted by Gasteiger charge is 2.32. The number of thiophene rings is 1. The van der Waals surface area contributed by atoms with E-state index in [9.17, 15) is 9.59 Å². The Morgan fingerprint density at radius 1 is 1.28 bits per heavy atom. The van der Waals surface area contributed by atoms with Crippen molar-refractivity contribution >= 4 is 23.1 Å². The number of ether oxygens (including phenoxy) is 1. The predicted octanol–water partition coefficient (Wildman–Crippen LogP) is 3.29. The third kappa shape index (κ3) is 2.34. The van der Waals surface area contributed by atoms with E-state index in [4.69, 9.17) is 4.74 Å². The molecule has 0 spiro atoms. The summed E-state index contributed by atoms with van der Waals surface area (Å²) >= 11 is 1.43. The molecule has 0 N–H and O–H groups in total. The van der Waals surface area contributed by atoms with Gasteiger partial charge in [0.2, 0.25) is 0 Å². The van der Waals surface area contributed by atoms with Crippen LogP contribution in [0.3, 0.4) is 0 Å². The van der Waals surface area contributed by atoms with Gasteiger partial charge in [0.25, 0.3) is 0 Å². The van der Waals surface area contributed by atoms with E-state index in [1.54, 1.807) is 0 Å². The van der Waals surface area contributed by atoms with Gasteiger partial charge in [-0.3, -0.25) is 4.79 Å². The number of carbonyl (C=O) groups is 2. The minimum atomic E-state index is -0.500. The first-order chi connectivity index (χ1) is 8.75. The highest BCUT2D eigenvalue weighted by Crippen LogP contribution is 2.43. The van der Waals surface area contributed by atoms with Crippen molar-refractivity contribution in [1.82, 2.24) is 0 Å². The molecule has 1 unspecified atom stereocenters. The Morgan fingerprint density at radius 3 is 2.83 bits per heavy atom. The zero-order valence-electron chi connectivity index (χ0n) is 10.2. The number of esters is 1. The maximum absolute atomic E-state index is 12.1. The van der Waals surface area contributed by atoms with Crippen LogP contribution in [0.4, 0.5) is 0 Å².